The van der Waals surface area contributed by atoms with E-state index in [0.29, 0.717) is 5.25 Å². The first kappa shape index (κ1) is 9.31. The third kappa shape index (κ3) is 4.79. The van der Waals surface area contributed by atoms with Crippen LogP contribution in [0.4, 0.5) is 0 Å². The van der Waals surface area contributed by atoms with Gasteiger partial charge >= 0.3 is 0 Å². The van der Waals surface area contributed by atoms with Crippen LogP contribution in [0.2, 0.25) is 0 Å². The summed E-state index contributed by atoms with van der Waals surface area (Å²) >= 11 is 1.54. The smallest absolute Gasteiger partial charge is 0.136 e. The molecule has 2 heteroatoms. The van der Waals surface area contributed by atoms with E-state index in [-0.39, 0.29) is 0 Å². The van der Waals surface area contributed by atoms with Gasteiger partial charge in [0, 0.05) is 5.25 Å². The molecule has 0 aromatic heterocycles. The number of rotatable bonds is 4. The summed E-state index contributed by atoms with van der Waals surface area (Å²) in [6, 6.07) is 0. The van der Waals surface area contributed by atoms with Gasteiger partial charge in [-0.2, -0.15) is 0 Å². The molecule has 0 N–H and O–H groups in total. The summed E-state index contributed by atoms with van der Waals surface area (Å²) in [5, 5.41) is 11.2. The van der Waals surface area contributed by atoms with Crippen LogP contribution in [0.25, 0.3) is 0 Å². The maximum absolute atomic E-state index is 10.6. The molecule has 55 valence electrons. The highest BCUT2D eigenvalue weighted by atomic mass is 32.2. The minimum Gasteiger partial charge on any atom is -0.222 e. The fourth-order valence-electron chi connectivity index (χ4n) is 0.752. The Kier molecular flexibility index (Phi) is 5.30. The summed E-state index contributed by atoms with van der Waals surface area (Å²) in [5.74, 6) is 0. The standard InChI is InChI=1S/C7H15OS/c1-4-7(5-2)9-6(3)8/h6-7H,4-5H2,1-3H3. The molecule has 0 aliphatic carbocycles. The highest BCUT2D eigenvalue weighted by Crippen LogP contribution is 2.21. The van der Waals surface area contributed by atoms with Crippen molar-refractivity contribution in [3.63, 3.8) is 0 Å². The second-order valence-corrected chi connectivity index (χ2v) is 3.74. The summed E-state index contributed by atoms with van der Waals surface area (Å²) in [6.45, 7) is 5.97. The monoisotopic (exact) mass is 147 g/mol. The van der Waals surface area contributed by atoms with Crippen molar-refractivity contribution in [1.82, 2.24) is 0 Å². The molecule has 0 saturated carbocycles. The Morgan fingerprint density at radius 1 is 1.33 bits per heavy atom. The quantitative estimate of drug-likeness (QED) is 0.560. The van der Waals surface area contributed by atoms with Gasteiger partial charge in [-0.15, -0.1) is 11.8 Å². The highest BCUT2D eigenvalue weighted by Gasteiger charge is 2.07. The molecule has 9 heavy (non-hydrogen) atoms. The lowest BCUT2D eigenvalue weighted by molar-refractivity contribution is 0.180. The second-order valence-electron chi connectivity index (χ2n) is 2.14. The van der Waals surface area contributed by atoms with Crippen molar-refractivity contribution in [2.45, 2.75) is 44.3 Å². The summed E-state index contributed by atoms with van der Waals surface area (Å²) in [6.07, 6.45) is 2.24. The molecule has 1 unspecified atom stereocenters. The molecule has 0 aliphatic heterocycles. The summed E-state index contributed by atoms with van der Waals surface area (Å²) in [5.41, 5.74) is -0.449. The first-order valence-electron chi connectivity index (χ1n) is 3.52. The molecule has 0 amide bonds. The largest absolute Gasteiger partial charge is 0.222 e. The van der Waals surface area contributed by atoms with Gasteiger partial charge in [0.15, 0.2) is 0 Å². The minimum atomic E-state index is -0.449. The van der Waals surface area contributed by atoms with Gasteiger partial charge in [-0.05, 0) is 19.8 Å². The van der Waals surface area contributed by atoms with Crippen LogP contribution in [0, 0.1) is 0 Å². The second kappa shape index (κ2) is 5.12. The van der Waals surface area contributed by atoms with Gasteiger partial charge in [0.05, 0.1) is 0 Å². The van der Waals surface area contributed by atoms with Crippen molar-refractivity contribution in [2.75, 3.05) is 0 Å². The van der Waals surface area contributed by atoms with Gasteiger partial charge < -0.3 is 0 Å². The molecule has 1 radical (unpaired) electrons. The van der Waals surface area contributed by atoms with Crippen LogP contribution in [0.1, 0.15) is 33.6 Å². The van der Waals surface area contributed by atoms with Crippen molar-refractivity contribution < 1.29 is 5.11 Å². The molecule has 1 nitrogen and oxygen atoms in total. The van der Waals surface area contributed by atoms with E-state index < -0.39 is 5.44 Å². The maximum Gasteiger partial charge on any atom is 0.136 e. The molecule has 0 bridgehead atoms. The van der Waals surface area contributed by atoms with E-state index >= 15 is 0 Å². The predicted octanol–water partition coefficient (Wildman–Crippen LogP) is 2.68. The SMILES string of the molecule is CCC(CC)SC(C)[O]. The molecule has 0 spiro atoms. The molecule has 0 saturated heterocycles. The summed E-state index contributed by atoms with van der Waals surface area (Å²) in [4.78, 5) is 0. The summed E-state index contributed by atoms with van der Waals surface area (Å²) < 4.78 is 0. The van der Waals surface area contributed by atoms with E-state index in [1.807, 2.05) is 0 Å². The van der Waals surface area contributed by atoms with E-state index in [9.17, 15) is 5.11 Å². The zero-order chi connectivity index (χ0) is 7.28. The van der Waals surface area contributed by atoms with Crippen molar-refractivity contribution in [3.8, 4) is 0 Å². The van der Waals surface area contributed by atoms with Crippen molar-refractivity contribution in [3.05, 3.63) is 0 Å². The first-order chi connectivity index (χ1) is 4.20. The lowest BCUT2D eigenvalue weighted by Gasteiger charge is -2.11. The Hall–Kier alpha value is 0.310. The van der Waals surface area contributed by atoms with Crippen LogP contribution >= 0.6 is 11.8 Å². The van der Waals surface area contributed by atoms with Gasteiger partial charge in [-0.25, -0.2) is 5.11 Å². The van der Waals surface area contributed by atoms with E-state index in [1.165, 1.54) is 0 Å². The molecule has 0 rings (SSSR count). The van der Waals surface area contributed by atoms with E-state index in [2.05, 4.69) is 13.8 Å². The Bertz CT molecular complexity index is 59.9. The van der Waals surface area contributed by atoms with Crippen LogP contribution in [0.3, 0.4) is 0 Å². The topological polar surface area (TPSA) is 19.9 Å². The van der Waals surface area contributed by atoms with Crippen LogP contribution in [-0.2, 0) is 5.11 Å². The molecular formula is C7H15OS. The molecule has 0 heterocycles. The van der Waals surface area contributed by atoms with Gasteiger partial charge in [0.1, 0.15) is 5.44 Å². The fourth-order valence-corrected chi connectivity index (χ4v) is 1.68. The fraction of sp³-hybridized carbons (Fsp3) is 1.00. The molecule has 1 atom stereocenters. The number of hydrogen-bond acceptors (Lipinski definition) is 1. The molecular weight excluding hydrogens is 132 g/mol. The van der Waals surface area contributed by atoms with Crippen LogP contribution in [-0.4, -0.2) is 10.7 Å². The van der Waals surface area contributed by atoms with E-state index in [0.717, 1.165) is 12.8 Å². The van der Waals surface area contributed by atoms with Crippen molar-refractivity contribution in [2.24, 2.45) is 0 Å². The molecule has 0 aromatic rings. The lowest BCUT2D eigenvalue weighted by atomic mass is 10.3. The first-order valence-corrected chi connectivity index (χ1v) is 4.46. The molecule has 0 aliphatic rings. The van der Waals surface area contributed by atoms with Crippen LogP contribution < -0.4 is 0 Å². The zero-order valence-electron chi connectivity index (χ0n) is 6.39. The highest BCUT2D eigenvalue weighted by molar-refractivity contribution is 8.00. The average molecular weight is 147 g/mol. The van der Waals surface area contributed by atoms with Crippen LogP contribution in [0.15, 0.2) is 0 Å². The van der Waals surface area contributed by atoms with E-state index in [4.69, 9.17) is 0 Å². The average Bonchev–Trinajstić information content (AvgIpc) is 1.82. The third-order valence-corrected chi connectivity index (χ3v) is 2.73. The van der Waals surface area contributed by atoms with Gasteiger partial charge in [-0.3, -0.25) is 0 Å². The Morgan fingerprint density at radius 2 is 1.78 bits per heavy atom. The Balaban J connectivity index is 3.31. The number of hydrogen-bond donors (Lipinski definition) is 0. The van der Waals surface area contributed by atoms with E-state index in [1.54, 1.807) is 18.7 Å². The minimum absolute atomic E-state index is 0.449. The number of thioether (sulfide) groups is 1. The van der Waals surface area contributed by atoms with Gasteiger partial charge in [-0.1, -0.05) is 13.8 Å². The molecule has 0 aromatic carbocycles. The maximum atomic E-state index is 10.6. The Morgan fingerprint density at radius 3 is 1.89 bits per heavy atom. The predicted molar refractivity (Wildman–Crippen MR) is 42.1 cm³/mol. The lowest BCUT2D eigenvalue weighted by Crippen LogP contribution is -2.03. The Labute approximate surface area is 61.8 Å². The van der Waals surface area contributed by atoms with Crippen molar-refractivity contribution in [1.29, 1.82) is 0 Å². The van der Waals surface area contributed by atoms with Gasteiger partial charge in [0.2, 0.25) is 0 Å². The van der Waals surface area contributed by atoms with Crippen molar-refractivity contribution >= 4 is 11.8 Å². The normalized spacial score (nSPS) is 14.3. The third-order valence-electron chi connectivity index (χ3n) is 1.29. The van der Waals surface area contributed by atoms with Crippen LogP contribution in [0.5, 0.6) is 0 Å². The zero-order valence-corrected chi connectivity index (χ0v) is 7.20. The summed E-state index contributed by atoms with van der Waals surface area (Å²) in [7, 11) is 0. The molecule has 0 fully saturated rings. The van der Waals surface area contributed by atoms with Gasteiger partial charge in [0.25, 0.3) is 0 Å².